The minimum atomic E-state index is -4.68. The van der Waals surface area contributed by atoms with Crippen molar-refractivity contribution in [2.24, 2.45) is 5.92 Å². The zero-order valence-electron chi connectivity index (χ0n) is 10.9. The summed E-state index contributed by atoms with van der Waals surface area (Å²) in [5, 5.41) is 11.1. The summed E-state index contributed by atoms with van der Waals surface area (Å²) in [6, 6.07) is 2.24. The van der Waals surface area contributed by atoms with E-state index >= 15 is 0 Å². The van der Waals surface area contributed by atoms with Gasteiger partial charge in [-0.25, -0.2) is 4.79 Å². The van der Waals surface area contributed by atoms with Crippen LogP contribution >= 0.6 is 0 Å². The van der Waals surface area contributed by atoms with E-state index in [0.29, 0.717) is 12.1 Å². The molecule has 0 aliphatic heterocycles. The number of nitrogens with one attached hydrogen (secondary N) is 1. The predicted octanol–water partition coefficient (Wildman–Crippen LogP) is 3.39. The highest BCUT2D eigenvalue weighted by atomic mass is 19.4. The lowest BCUT2D eigenvalue weighted by molar-refractivity contribution is -0.137. The van der Waals surface area contributed by atoms with Gasteiger partial charge in [0.05, 0.1) is 11.1 Å². The molecular weight excluding hydrogens is 275 g/mol. The molecule has 4 nitrogen and oxygen atoms in total. The van der Waals surface area contributed by atoms with Crippen LogP contribution in [-0.2, 0) is 11.0 Å². The summed E-state index contributed by atoms with van der Waals surface area (Å²) in [6.45, 7) is 3.57. The molecule has 1 aromatic rings. The number of carbonyl (C=O) groups is 2. The number of halogens is 3. The van der Waals surface area contributed by atoms with E-state index in [4.69, 9.17) is 5.11 Å². The van der Waals surface area contributed by atoms with Gasteiger partial charge in [0, 0.05) is 12.1 Å². The van der Waals surface area contributed by atoms with Gasteiger partial charge in [0.2, 0.25) is 5.91 Å². The molecule has 0 heterocycles. The number of carboxylic acids is 1. The van der Waals surface area contributed by atoms with E-state index in [2.05, 4.69) is 5.32 Å². The van der Waals surface area contributed by atoms with Gasteiger partial charge in [0.25, 0.3) is 0 Å². The Morgan fingerprint density at radius 3 is 2.30 bits per heavy atom. The van der Waals surface area contributed by atoms with Crippen LogP contribution in [0, 0.1) is 5.92 Å². The van der Waals surface area contributed by atoms with E-state index in [9.17, 15) is 22.8 Å². The molecule has 110 valence electrons. The second-order valence-corrected chi connectivity index (χ2v) is 4.75. The molecule has 0 atom stereocenters. The molecule has 0 aromatic heterocycles. The summed E-state index contributed by atoms with van der Waals surface area (Å²) < 4.78 is 38.0. The third kappa shape index (κ3) is 4.56. The molecule has 0 aliphatic rings. The number of rotatable bonds is 4. The Morgan fingerprint density at radius 1 is 1.25 bits per heavy atom. The molecule has 1 rings (SSSR count). The minimum Gasteiger partial charge on any atom is -0.478 e. The molecule has 0 saturated heterocycles. The van der Waals surface area contributed by atoms with Crippen molar-refractivity contribution >= 4 is 17.6 Å². The van der Waals surface area contributed by atoms with Crippen LogP contribution in [0.15, 0.2) is 18.2 Å². The second kappa shape index (κ2) is 5.94. The number of alkyl halides is 3. The fourth-order valence-electron chi connectivity index (χ4n) is 1.57. The van der Waals surface area contributed by atoms with Gasteiger partial charge in [0.15, 0.2) is 0 Å². The van der Waals surface area contributed by atoms with Crippen molar-refractivity contribution in [3.05, 3.63) is 29.3 Å². The summed E-state index contributed by atoms with van der Waals surface area (Å²) in [6.07, 6.45) is -4.54. The highest BCUT2D eigenvalue weighted by molar-refractivity contribution is 5.94. The zero-order chi connectivity index (χ0) is 15.5. The number of benzene rings is 1. The van der Waals surface area contributed by atoms with Crippen LogP contribution in [0.2, 0.25) is 0 Å². The highest BCUT2D eigenvalue weighted by Gasteiger charge is 2.32. The van der Waals surface area contributed by atoms with E-state index in [1.807, 2.05) is 0 Å². The average molecular weight is 289 g/mol. The SMILES string of the molecule is CC(C)CC(=O)Nc1cc(C(=O)O)cc(C(F)(F)F)c1. The Kier molecular flexibility index (Phi) is 4.75. The molecule has 0 spiro atoms. The maximum absolute atomic E-state index is 12.7. The third-order valence-corrected chi connectivity index (χ3v) is 2.38. The van der Waals surface area contributed by atoms with Gasteiger partial charge in [-0.15, -0.1) is 0 Å². The number of carbonyl (C=O) groups excluding carboxylic acids is 1. The second-order valence-electron chi connectivity index (χ2n) is 4.75. The molecule has 20 heavy (non-hydrogen) atoms. The number of hydrogen-bond donors (Lipinski definition) is 2. The summed E-state index contributed by atoms with van der Waals surface area (Å²) in [4.78, 5) is 22.3. The minimum absolute atomic E-state index is 0.0414. The van der Waals surface area contributed by atoms with Gasteiger partial charge >= 0.3 is 12.1 Å². The molecule has 0 radical (unpaired) electrons. The largest absolute Gasteiger partial charge is 0.478 e. The lowest BCUT2D eigenvalue weighted by Gasteiger charge is -2.12. The molecule has 1 amide bonds. The van der Waals surface area contributed by atoms with Crippen LogP contribution < -0.4 is 5.32 Å². The van der Waals surface area contributed by atoms with Crippen molar-refractivity contribution in [1.29, 1.82) is 0 Å². The van der Waals surface area contributed by atoms with Crippen molar-refractivity contribution in [2.45, 2.75) is 26.4 Å². The van der Waals surface area contributed by atoms with E-state index in [1.165, 1.54) is 0 Å². The number of carboxylic acid groups (broad SMARTS) is 1. The number of amides is 1. The first kappa shape index (κ1) is 16.0. The van der Waals surface area contributed by atoms with Crippen LogP contribution in [-0.4, -0.2) is 17.0 Å². The first-order valence-electron chi connectivity index (χ1n) is 5.85. The first-order chi connectivity index (χ1) is 9.09. The molecule has 0 fully saturated rings. The van der Waals surface area contributed by atoms with Crippen LogP contribution in [0.3, 0.4) is 0 Å². The fraction of sp³-hybridized carbons (Fsp3) is 0.385. The summed E-state index contributed by atoms with van der Waals surface area (Å²) in [5.41, 5.74) is -1.82. The van der Waals surface area contributed by atoms with Crippen molar-refractivity contribution in [3.8, 4) is 0 Å². The molecular formula is C13H14F3NO3. The number of hydrogen-bond acceptors (Lipinski definition) is 2. The first-order valence-corrected chi connectivity index (χ1v) is 5.85. The monoisotopic (exact) mass is 289 g/mol. The Balaban J connectivity index is 3.10. The van der Waals surface area contributed by atoms with Crippen molar-refractivity contribution in [1.82, 2.24) is 0 Å². The smallest absolute Gasteiger partial charge is 0.416 e. The van der Waals surface area contributed by atoms with Gasteiger partial charge in [-0.3, -0.25) is 4.79 Å². The van der Waals surface area contributed by atoms with E-state index in [0.717, 1.165) is 6.07 Å². The van der Waals surface area contributed by atoms with Crippen molar-refractivity contribution in [3.63, 3.8) is 0 Å². The molecule has 1 aromatic carbocycles. The Morgan fingerprint density at radius 2 is 1.85 bits per heavy atom. The van der Waals surface area contributed by atoms with Crippen LogP contribution in [0.1, 0.15) is 36.2 Å². The third-order valence-electron chi connectivity index (χ3n) is 2.38. The van der Waals surface area contributed by atoms with Crippen molar-refractivity contribution in [2.75, 3.05) is 5.32 Å². The lowest BCUT2D eigenvalue weighted by Crippen LogP contribution is -2.16. The standard InChI is InChI=1S/C13H14F3NO3/c1-7(2)3-11(18)17-10-5-8(12(19)20)4-9(6-10)13(14,15)16/h4-7H,3H2,1-2H3,(H,17,18)(H,19,20). The maximum atomic E-state index is 12.7. The average Bonchev–Trinajstić information content (AvgIpc) is 2.25. The highest BCUT2D eigenvalue weighted by Crippen LogP contribution is 2.32. The fourth-order valence-corrected chi connectivity index (χ4v) is 1.57. The van der Waals surface area contributed by atoms with E-state index < -0.39 is 29.2 Å². The van der Waals surface area contributed by atoms with Gasteiger partial charge < -0.3 is 10.4 Å². The zero-order valence-corrected chi connectivity index (χ0v) is 10.9. The lowest BCUT2D eigenvalue weighted by atomic mass is 10.1. The Labute approximate surface area is 113 Å². The number of aromatic carboxylic acids is 1. The molecule has 2 N–H and O–H groups in total. The molecule has 0 aliphatic carbocycles. The molecule has 0 unspecified atom stereocenters. The molecule has 0 bridgehead atoms. The van der Waals surface area contributed by atoms with Crippen LogP contribution in [0.5, 0.6) is 0 Å². The summed E-state index contributed by atoms with van der Waals surface area (Å²) in [7, 11) is 0. The quantitative estimate of drug-likeness (QED) is 0.892. The van der Waals surface area contributed by atoms with Gasteiger partial charge in [-0.05, 0) is 24.1 Å². The van der Waals surface area contributed by atoms with Gasteiger partial charge in [-0.1, -0.05) is 13.8 Å². The number of anilines is 1. The normalized spacial score (nSPS) is 11.5. The van der Waals surface area contributed by atoms with Crippen LogP contribution in [0.4, 0.5) is 18.9 Å². The Hall–Kier alpha value is -2.05. The van der Waals surface area contributed by atoms with Crippen molar-refractivity contribution < 1.29 is 27.9 Å². The molecule has 7 heteroatoms. The van der Waals surface area contributed by atoms with E-state index in [1.54, 1.807) is 13.8 Å². The summed E-state index contributed by atoms with van der Waals surface area (Å²) >= 11 is 0. The Bertz CT molecular complexity index is 524. The molecule has 0 saturated carbocycles. The topological polar surface area (TPSA) is 66.4 Å². The van der Waals surface area contributed by atoms with Gasteiger partial charge in [0.1, 0.15) is 0 Å². The van der Waals surface area contributed by atoms with E-state index in [-0.39, 0.29) is 18.0 Å². The summed E-state index contributed by atoms with van der Waals surface area (Å²) in [5.74, 6) is -1.91. The predicted molar refractivity (Wildman–Crippen MR) is 66.5 cm³/mol. The van der Waals surface area contributed by atoms with Crippen LogP contribution in [0.25, 0.3) is 0 Å². The maximum Gasteiger partial charge on any atom is 0.416 e. The van der Waals surface area contributed by atoms with Gasteiger partial charge in [-0.2, -0.15) is 13.2 Å².